The van der Waals surface area contributed by atoms with Crippen LogP contribution in [0.5, 0.6) is 0 Å². The fraction of sp³-hybridized carbons (Fsp3) is 0.385. The van der Waals surface area contributed by atoms with E-state index >= 15 is 0 Å². The summed E-state index contributed by atoms with van der Waals surface area (Å²) in [5.74, 6) is 1.09. The molecule has 0 fully saturated rings. The normalized spacial score (nSPS) is 12.6. The van der Waals surface area contributed by atoms with Gasteiger partial charge in [-0.1, -0.05) is 0 Å². The van der Waals surface area contributed by atoms with Crippen LogP contribution < -0.4 is 5.32 Å². The van der Waals surface area contributed by atoms with Gasteiger partial charge in [-0.25, -0.2) is 4.98 Å². The highest BCUT2D eigenvalue weighted by molar-refractivity contribution is 5.14. The summed E-state index contributed by atoms with van der Waals surface area (Å²) >= 11 is 0. The van der Waals surface area contributed by atoms with Gasteiger partial charge in [0, 0.05) is 31.3 Å². The zero-order valence-electron chi connectivity index (χ0n) is 10.3. The molecule has 0 aliphatic carbocycles. The number of aryl methyl sites for hydroxylation is 1. The molecule has 2 rings (SSSR count). The lowest BCUT2D eigenvalue weighted by Gasteiger charge is -2.17. The third kappa shape index (κ3) is 2.71. The molecule has 1 unspecified atom stereocenters. The van der Waals surface area contributed by atoms with Gasteiger partial charge in [0.05, 0.1) is 6.04 Å². The Balaban J connectivity index is 2.17. The van der Waals surface area contributed by atoms with Gasteiger partial charge in [0.2, 0.25) is 0 Å². The Hall–Kier alpha value is -1.68. The molecule has 2 aromatic rings. The van der Waals surface area contributed by atoms with Gasteiger partial charge in [0.1, 0.15) is 5.82 Å². The molecule has 0 saturated heterocycles. The minimum Gasteiger partial charge on any atom is -0.334 e. The monoisotopic (exact) mass is 230 g/mol. The summed E-state index contributed by atoms with van der Waals surface area (Å²) in [7, 11) is 1.97. The largest absolute Gasteiger partial charge is 0.334 e. The van der Waals surface area contributed by atoms with Crippen LogP contribution in [0.25, 0.3) is 0 Å². The molecule has 2 heterocycles. The number of hydrogen-bond acceptors (Lipinski definition) is 3. The maximum Gasteiger partial charge on any atom is 0.126 e. The average Bonchev–Trinajstić information content (AvgIpc) is 2.85. The molecular formula is C13H18N4. The van der Waals surface area contributed by atoms with Gasteiger partial charge in [-0.3, -0.25) is 4.98 Å². The standard InChI is InChI=1S/C13H18N4/c1-3-17-9-8-16-13(17)12(14-2)10-11-4-6-15-7-5-11/h4-9,12,14H,3,10H2,1-2H3. The number of hydrogen-bond donors (Lipinski definition) is 1. The van der Waals surface area contributed by atoms with Crippen LogP contribution in [0, 0.1) is 0 Å². The first-order chi connectivity index (χ1) is 8.35. The molecule has 0 aliphatic heterocycles. The van der Waals surface area contributed by atoms with Crippen LogP contribution in [0.1, 0.15) is 24.4 Å². The van der Waals surface area contributed by atoms with Crippen LogP contribution in [0.15, 0.2) is 36.9 Å². The number of likely N-dealkylation sites (N-methyl/N-ethyl adjacent to an activating group) is 1. The Morgan fingerprint density at radius 2 is 2.06 bits per heavy atom. The first-order valence-corrected chi connectivity index (χ1v) is 5.92. The van der Waals surface area contributed by atoms with Crippen LogP contribution in [0.3, 0.4) is 0 Å². The van der Waals surface area contributed by atoms with Crippen molar-refractivity contribution in [2.24, 2.45) is 0 Å². The van der Waals surface area contributed by atoms with Crippen LogP contribution in [0.2, 0.25) is 0 Å². The molecule has 4 heteroatoms. The molecular weight excluding hydrogens is 212 g/mol. The number of nitrogens with one attached hydrogen (secondary N) is 1. The number of imidazole rings is 1. The molecule has 0 amide bonds. The zero-order chi connectivity index (χ0) is 12.1. The number of pyridine rings is 1. The van der Waals surface area contributed by atoms with Gasteiger partial charge in [0.25, 0.3) is 0 Å². The Kier molecular flexibility index (Phi) is 3.88. The van der Waals surface area contributed by atoms with Gasteiger partial charge in [0.15, 0.2) is 0 Å². The Morgan fingerprint density at radius 3 is 2.71 bits per heavy atom. The molecule has 2 aromatic heterocycles. The summed E-state index contributed by atoms with van der Waals surface area (Å²) in [6, 6.07) is 4.33. The van der Waals surface area contributed by atoms with Crippen LogP contribution >= 0.6 is 0 Å². The average molecular weight is 230 g/mol. The van der Waals surface area contributed by atoms with Crippen molar-refractivity contribution in [3.8, 4) is 0 Å². The Labute approximate surface area is 102 Å². The molecule has 1 N–H and O–H groups in total. The topological polar surface area (TPSA) is 42.7 Å². The van der Waals surface area contributed by atoms with E-state index in [1.807, 2.05) is 44.0 Å². The van der Waals surface area contributed by atoms with E-state index in [2.05, 4.69) is 26.8 Å². The van der Waals surface area contributed by atoms with Crippen LogP contribution in [-0.2, 0) is 13.0 Å². The van der Waals surface area contributed by atoms with E-state index < -0.39 is 0 Å². The predicted molar refractivity (Wildman–Crippen MR) is 67.6 cm³/mol. The highest BCUT2D eigenvalue weighted by Gasteiger charge is 2.14. The van der Waals surface area contributed by atoms with Gasteiger partial charge in [-0.2, -0.15) is 0 Å². The molecule has 0 saturated carbocycles. The summed E-state index contributed by atoms with van der Waals surface area (Å²) in [6.07, 6.45) is 8.46. The van der Waals surface area contributed by atoms with Gasteiger partial charge < -0.3 is 9.88 Å². The summed E-state index contributed by atoms with van der Waals surface area (Å²) in [5, 5.41) is 3.32. The molecule has 0 spiro atoms. The second-order valence-corrected chi connectivity index (χ2v) is 3.97. The summed E-state index contributed by atoms with van der Waals surface area (Å²) in [5.41, 5.74) is 1.27. The van der Waals surface area contributed by atoms with E-state index in [0.717, 1.165) is 18.8 Å². The van der Waals surface area contributed by atoms with Crippen molar-refractivity contribution >= 4 is 0 Å². The molecule has 17 heavy (non-hydrogen) atoms. The maximum absolute atomic E-state index is 4.44. The lowest BCUT2D eigenvalue weighted by Crippen LogP contribution is -2.22. The second kappa shape index (κ2) is 5.59. The Morgan fingerprint density at radius 1 is 1.29 bits per heavy atom. The Bertz CT molecular complexity index is 449. The van der Waals surface area contributed by atoms with E-state index in [0.29, 0.717) is 0 Å². The van der Waals surface area contributed by atoms with Crippen molar-refractivity contribution < 1.29 is 0 Å². The molecule has 90 valence electrons. The van der Waals surface area contributed by atoms with E-state index in [1.54, 1.807) is 0 Å². The molecule has 4 nitrogen and oxygen atoms in total. The smallest absolute Gasteiger partial charge is 0.126 e. The number of nitrogens with zero attached hydrogens (tertiary/aromatic N) is 3. The van der Waals surface area contributed by atoms with Crippen molar-refractivity contribution in [1.29, 1.82) is 0 Å². The summed E-state index contributed by atoms with van der Waals surface area (Å²) in [4.78, 5) is 8.47. The fourth-order valence-electron chi connectivity index (χ4n) is 1.98. The van der Waals surface area contributed by atoms with Gasteiger partial charge >= 0.3 is 0 Å². The quantitative estimate of drug-likeness (QED) is 0.851. The SMILES string of the molecule is CCn1ccnc1C(Cc1ccncc1)NC. The predicted octanol–water partition coefficient (Wildman–Crippen LogP) is 1.80. The van der Waals surface area contributed by atoms with E-state index in [1.165, 1.54) is 5.56 Å². The van der Waals surface area contributed by atoms with E-state index in [9.17, 15) is 0 Å². The van der Waals surface area contributed by atoms with Crippen LogP contribution in [0.4, 0.5) is 0 Å². The van der Waals surface area contributed by atoms with Crippen molar-refractivity contribution in [3.63, 3.8) is 0 Å². The lowest BCUT2D eigenvalue weighted by atomic mass is 10.1. The van der Waals surface area contributed by atoms with Crippen molar-refractivity contribution in [2.75, 3.05) is 7.05 Å². The third-order valence-electron chi connectivity index (χ3n) is 2.94. The summed E-state index contributed by atoms with van der Waals surface area (Å²) < 4.78 is 2.17. The highest BCUT2D eigenvalue weighted by atomic mass is 15.1. The second-order valence-electron chi connectivity index (χ2n) is 3.97. The third-order valence-corrected chi connectivity index (χ3v) is 2.94. The van der Waals surface area contributed by atoms with Crippen molar-refractivity contribution in [2.45, 2.75) is 25.9 Å². The first-order valence-electron chi connectivity index (χ1n) is 5.92. The zero-order valence-corrected chi connectivity index (χ0v) is 10.3. The highest BCUT2D eigenvalue weighted by Crippen LogP contribution is 2.16. The summed E-state index contributed by atoms with van der Waals surface area (Å²) in [6.45, 7) is 3.08. The maximum atomic E-state index is 4.44. The van der Waals surface area contributed by atoms with Crippen LogP contribution in [-0.4, -0.2) is 21.6 Å². The fourth-order valence-corrected chi connectivity index (χ4v) is 1.98. The molecule has 1 atom stereocenters. The van der Waals surface area contributed by atoms with Crippen molar-refractivity contribution in [3.05, 3.63) is 48.3 Å². The van der Waals surface area contributed by atoms with Gasteiger partial charge in [-0.05, 0) is 38.1 Å². The van der Waals surface area contributed by atoms with E-state index in [4.69, 9.17) is 0 Å². The molecule has 0 bridgehead atoms. The minimum absolute atomic E-state index is 0.243. The first kappa shape index (κ1) is 11.8. The minimum atomic E-state index is 0.243. The van der Waals surface area contributed by atoms with Gasteiger partial charge in [-0.15, -0.1) is 0 Å². The van der Waals surface area contributed by atoms with E-state index in [-0.39, 0.29) is 6.04 Å². The lowest BCUT2D eigenvalue weighted by molar-refractivity contribution is 0.523. The molecule has 0 aliphatic rings. The molecule has 0 aromatic carbocycles. The molecule has 0 radical (unpaired) electrons. The number of aromatic nitrogens is 3. The number of rotatable bonds is 5. The van der Waals surface area contributed by atoms with Crippen molar-refractivity contribution in [1.82, 2.24) is 19.9 Å².